The Kier molecular flexibility index (Phi) is 2.95. The molecule has 14 heavy (non-hydrogen) atoms. The van der Waals surface area contributed by atoms with Crippen molar-refractivity contribution < 1.29 is 9.84 Å². The third-order valence-electron chi connectivity index (χ3n) is 2.03. The lowest BCUT2D eigenvalue weighted by molar-refractivity contribution is 0.0597. The molecule has 0 aromatic carbocycles. The van der Waals surface area contributed by atoms with Crippen LogP contribution in [0.15, 0.2) is 0 Å². The zero-order valence-electron chi connectivity index (χ0n) is 8.01. The van der Waals surface area contributed by atoms with E-state index in [0.717, 1.165) is 16.7 Å². The van der Waals surface area contributed by atoms with Crippen LogP contribution >= 0.6 is 11.3 Å². The van der Waals surface area contributed by atoms with Crippen molar-refractivity contribution >= 4 is 16.5 Å². The Morgan fingerprint density at radius 3 is 3.14 bits per heavy atom. The zero-order valence-corrected chi connectivity index (χ0v) is 8.83. The van der Waals surface area contributed by atoms with Gasteiger partial charge in [0.05, 0.1) is 19.3 Å². The number of ether oxygens (including phenoxy) is 1. The Morgan fingerprint density at radius 2 is 2.43 bits per heavy atom. The summed E-state index contributed by atoms with van der Waals surface area (Å²) in [7, 11) is 0. The molecule has 1 aliphatic rings. The number of hydrogen-bond donors (Lipinski definition) is 1. The van der Waals surface area contributed by atoms with Gasteiger partial charge in [0.1, 0.15) is 5.01 Å². The summed E-state index contributed by atoms with van der Waals surface area (Å²) < 4.78 is 5.23. The molecule has 1 fully saturated rings. The van der Waals surface area contributed by atoms with E-state index < -0.39 is 6.10 Å². The average Bonchev–Trinajstić information content (AvgIpc) is 2.45. The highest BCUT2D eigenvalue weighted by Crippen LogP contribution is 2.20. The Hall–Kier alpha value is -0.720. The van der Waals surface area contributed by atoms with Crippen molar-refractivity contribution in [1.29, 1.82) is 0 Å². The molecule has 2 rings (SSSR count). The molecular weight excluding hydrogens is 202 g/mol. The van der Waals surface area contributed by atoms with Gasteiger partial charge in [-0.1, -0.05) is 11.3 Å². The summed E-state index contributed by atoms with van der Waals surface area (Å²) >= 11 is 1.54. The molecule has 1 aromatic heterocycles. The highest BCUT2D eigenvalue weighted by molar-refractivity contribution is 7.15. The van der Waals surface area contributed by atoms with Crippen LogP contribution in [0, 0.1) is 6.92 Å². The van der Waals surface area contributed by atoms with Crippen LogP contribution in [0.4, 0.5) is 5.13 Å². The maximum Gasteiger partial charge on any atom is 0.208 e. The summed E-state index contributed by atoms with van der Waals surface area (Å²) in [5.41, 5.74) is 0. The van der Waals surface area contributed by atoms with Crippen molar-refractivity contribution in [1.82, 2.24) is 10.2 Å². The minimum absolute atomic E-state index is 0.411. The topological polar surface area (TPSA) is 58.5 Å². The van der Waals surface area contributed by atoms with Crippen LogP contribution in [0.25, 0.3) is 0 Å². The second-order valence-electron chi connectivity index (χ2n) is 3.28. The van der Waals surface area contributed by atoms with Gasteiger partial charge in [0.15, 0.2) is 0 Å². The molecule has 0 amide bonds. The second-order valence-corrected chi connectivity index (χ2v) is 4.44. The average molecular weight is 215 g/mol. The van der Waals surface area contributed by atoms with E-state index in [4.69, 9.17) is 4.74 Å². The minimum Gasteiger partial charge on any atom is -0.389 e. The fraction of sp³-hybridized carbons (Fsp3) is 0.750. The van der Waals surface area contributed by atoms with Crippen LogP contribution in [0.3, 0.4) is 0 Å². The van der Waals surface area contributed by atoms with Gasteiger partial charge in [0, 0.05) is 13.1 Å². The van der Waals surface area contributed by atoms with Gasteiger partial charge in [-0.25, -0.2) is 0 Å². The van der Waals surface area contributed by atoms with Crippen molar-refractivity contribution in [3.8, 4) is 0 Å². The number of hydrogen-bond acceptors (Lipinski definition) is 6. The molecule has 5 nitrogen and oxygen atoms in total. The number of aromatic nitrogens is 2. The Bertz CT molecular complexity index is 305. The molecule has 1 aliphatic heterocycles. The van der Waals surface area contributed by atoms with Crippen LogP contribution in [0.5, 0.6) is 0 Å². The first-order chi connectivity index (χ1) is 6.75. The van der Waals surface area contributed by atoms with E-state index in [0.29, 0.717) is 19.8 Å². The number of rotatable bonds is 1. The van der Waals surface area contributed by atoms with E-state index in [2.05, 4.69) is 10.2 Å². The van der Waals surface area contributed by atoms with E-state index in [-0.39, 0.29) is 0 Å². The fourth-order valence-corrected chi connectivity index (χ4v) is 2.10. The summed E-state index contributed by atoms with van der Waals surface area (Å²) in [6.07, 6.45) is -0.429. The molecule has 0 spiro atoms. The van der Waals surface area contributed by atoms with E-state index >= 15 is 0 Å². The number of aliphatic hydroxyl groups excluding tert-OH is 1. The van der Waals surface area contributed by atoms with Gasteiger partial charge in [-0.3, -0.25) is 0 Å². The fourth-order valence-electron chi connectivity index (χ4n) is 1.38. The molecule has 0 radical (unpaired) electrons. The largest absolute Gasteiger partial charge is 0.389 e. The monoisotopic (exact) mass is 215 g/mol. The molecule has 1 aromatic rings. The number of nitrogens with zero attached hydrogens (tertiary/aromatic N) is 3. The van der Waals surface area contributed by atoms with E-state index in [1.54, 1.807) is 11.3 Å². The Labute approximate surface area is 86.3 Å². The van der Waals surface area contributed by atoms with Gasteiger partial charge in [0.2, 0.25) is 5.13 Å². The lowest BCUT2D eigenvalue weighted by atomic mass is 10.3. The van der Waals surface area contributed by atoms with Gasteiger partial charge in [-0.05, 0) is 6.92 Å². The molecule has 78 valence electrons. The first-order valence-electron chi connectivity index (χ1n) is 4.56. The number of β-amino-alcohol motifs (C(OH)–C–C–N with tert-alkyl or cyclic N) is 1. The maximum atomic E-state index is 9.52. The molecule has 2 heterocycles. The normalized spacial score (nSPS) is 23.6. The maximum absolute atomic E-state index is 9.52. The van der Waals surface area contributed by atoms with Crippen molar-refractivity contribution in [3.63, 3.8) is 0 Å². The lowest BCUT2D eigenvalue weighted by Gasteiger charge is -2.19. The molecule has 1 saturated heterocycles. The smallest absolute Gasteiger partial charge is 0.208 e. The van der Waals surface area contributed by atoms with E-state index in [9.17, 15) is 5.11 Å². The van der Waals surface area contributed by atoms with E-state index in [1.807, 2.05) is 11.8 Å². The zero-order chi connectivity index (χ0) is 9.97. The van der Waals surface area contributed by atoms with Crippen LogP contribution in [0.1, 0.15) is 5.01 Å². The molecule has 0 saturated carbocycles. The minimum atomic E-state index is -0.429. The molecule has 0 bridgehead atoms. The number of aryl methyl sites for hydroxylation is 1. The molecule has 1 atom stereocenters. The van der Waals surface area contributed by atoms with E-state index in [1.165, 1.54) is 0 Å². The predicted molar refractivity (Wildman–Crippen MR) is 53.7 cm³/mol. The summed E-state index contributed by atoms with van der Waals surface area (Å²) in [5.74, 6) is 0. The molecular formula is C8H13N3O2S. The molecule has 6 heteroatoms. The van der Waals surface area contributed by atoms with Gasteiger partial charge in [-0.15, -0.1) is 10.2 Å². The summed E-state index contributed by atoms with van der Waals surface area (Å²) in [5, 5.41) is 19.3. The van der Waals surface area contributed by atoms with Gasteiger partial charge in [-0.2, -0.15) is 0 Å². The SMILES string of the molecule is Cc1nnc(N2CCOCC(O)C2)s1. The highest BCUT2D eigenvalue weighted by Gasteiger charge is 2.18. The summed E-state index contributed by atoms with van der Waals surface area (Å²) in [6, 6.07) is 0. The quantitative estimate of drug-likeness (QED) is 0.717. The van der Waals surface area contributed by atoms with Crippen LogP contribution in [-0.2, 0) is 4.74 Å². The van der Waals surface area contributed by atoms with Crippen molar-refractivity contribution in [2.45, 2.75) is 13.0 Å². The Morgan fingerprint density at radius 1 is 1.57 bits per heavy atom. The number of aliphatic hydroxyl groups is 1. The Balaban J connectivity index is 2.08. The molecule has 1 N–H and O–H groups in total. The van der Waals surface area contributed by atoms with Crippen molar-refractivity contribution in [2.24, 2.45) is 0 Å². The summed E-state index contributed by atoms with van der Waals surface area (Å²) in [4.78, 5) is 2.02. The first kappa shape index (κ1) is 9.82. The lowest BCUT2D eigenvalue weighted by Crippen LogP contribution is -2.32. The first-order valence-corrected chi connectivity index (χ1v) is 5.38. The van der Waals surface area contributed by atoms with Crippen LogP contribution in [-0.4, -0.2) is 47.7 Å². The third kappa shape index (κ3) is 2.20. The highest BCUT2D eigenvalue weighted by atomic mass is 32.1. The molecule has 1 unspecified atom stereocenters. The predicted octanol–water partition coefficient (Wildman–Crippen LogP) is 0.0440. The van der Waals surface area contributed by atoms with Gasteiger partial charge >= 0.3 is 0 Å². The third-order valence-corrected chi connectivity index (χ3v) is 2.93. The van der Waals surface area contributed by atoms with Crippen LogP contribution < -0.4 is 4.90 Å². The molecule has 0 aliphatic carbocycles. The standard InChI is InChI=1S/C8H13N3O2S/c1-6-9-10-8(14-6)11-2-3-13-5-7(12)4-11/h7,12H,2-5H2,1H3. The summed E-state index contributed by atoms with van der Waals surface area (Å²) in [6.45, 7) is 4.32. The second kappa shape index (κ2) is 4.20. The van der Waals surface area contributed by atoms with Crippen LogP contribution in [0.2, 0.25) is 0 Å². The van der Waals surface area contributed by atoms with Crippen molar-refractivity contribution in [2.75, 3.05) is 31.2 Å². The van der Waals surface area contributed by atoms with Crippen molar-refractivity contribution in [3.05, 3.63) is 5.01 Å². The number of anilines is 1. The van der Waals surface area contributed by atoms with Gasteiger partial charge in [0.25, 0.3) is 0 Å². The van der Waals surface area contributed by atoms with Gasteiger partial charge < -0.3 is 14.7 Å².